The summed E-state index contributed by atoms with van der Waals surface area (Å²) < 4.78 is 61.7. The van der Waals surface area contributed by atoms with Gasteiger partial charge in [0.1, 0.15) is 0 Å². The van der Waals surface area contributed by atoms with Crippen LogP contribution in [0.1, 0.15) is 11.1 Å². The molecule has 0 saturated heterocycles. The van der Waals surface area contributed by atoms with Crippen molar-refractivity contribution >= 4 is 19.5 Å². The second-order valence-corrected chi connectivity index (χ2v) is 9.90. The fourth-order valence-electron chi connectivity index (χ4n) is 1.52. The van der Waals surface area contributed by atoms with Crippen LogP contribution in [0.2, 0.25) is 0 Å². The van der Waals surface area contributed by atoms with Crippen molar-refractivity contribution in [1.82, 2.24) is 0 Å². The van der Waals surface area contributed by atoms with Gasteiger partial charge in [0.05, 0.1) is 0 Å². The van der Waals surface area contributed by atoms with Gasteiger partial charge in [0.2, 0.25) is 0 Å². The number of rotatable bonds is 2. The van der Waals surface area contributed by atoms with Crippen LogP contribution in [0, 0.1) is 6.92 Å². The SMILES string of the molecule is Cc1ccccc1C[n+]1ccccc1.[F][Sb-]([F])([F])([F])([F])[F]. The van der Waals surface area contributed by atoms with Crippen molar-refractivity contribution in [2.45, 2.75) is 13.5 Å². The molecule has 2 rings (SSSR count). The van der Waals surface area contributed by atoms with E-state index in [1.54, 1.807) is 0 Å². The Morgan fingerprint density at radius 2 is 1.29 bits per heavy atom. The summed E-state index contributed by atoms with van der Waals surface area (Å²) in [6, 6.07) is 14.6. The van der Waals surface area contributed by atoms with E-state index in [-0.39, 0.29) is 0 Å². The summed E-state index contributed by atoms with van der Waals surface area (Å²) in [4.78, 5) is 0. The molecule has 2 aromatic rings. The van der Waals surface area contributed by atoms with Gasteiger partial charge >= 0.3 is 36.4 Å². The number of aryl methyl sites for hydroxylation is 1. The summed E-state index contributed by atoms with van der Waals surface area (Å²) in [7, 11) is 0. The molecule has 1 aromatic heterocycles. The zero-order valence-electron chi connectivity index (χ0n) is 11.1. The van der Waals surface area contributed by atoms with Crippen molar-refractivity contribution in [1.29, 1.82) is 0 Å². The Bertz CT molecular complexity index is 583. The van der Waals surface area contributed by atoms with Crippen LogP contribution in [0.25, 0.3) is 0 Å². The topological polar surface area (TPSA) is 3.88 Å². The number of pyridine rings is 1. The third-order valence-corrected chi connectivity index (χ3v) is 2.39. The second kappa shape index (κ2) is 5.52. The summed E-state index contributed by atoms with van der Waals surface area (Å²) in [6.07, 6.45) is 4.18. The van der Waals surface area contributed by atoms with Gasteiger partial charge in [0, 0.05) is 17.7 Å². The van der Waals surface area contributed by atoms with Gasteiger partial charge in [-0.15, -0.1) is 0 Å². The molecule has 21 heavy (non-hydrogen) atoms. The van der Waals surface area contributed by atoms with E-state index in [1.165, 1.54) is 11.1 Å². The molecule has 8 heteroatoms. The van der Waals surface area contributed by atoms with Crippen molar-refractivity contribution in [2.24, 2.45) is 0 Å². The average molecular weight is 420 g/mol. The van der Waals surface area contributed by atoms with E-state index in [2.05, 4.69) is 60.3 Å². The normalized spacial score (nSPS) is 14.4. The molecular weight excluding hydrogens is 406 g/mol. The van der Waals surface area contributed by atoms with E-state index < -0.39 is 19.5 Å². The molecule has 0 atom stereocenters. The summed E-state index contributed by atoms with van der Waals surface area (Å²) >= 11 is -11.2. The Morgan fingerprint density at radius 1 is 0.810 bits per heavy atom. The fourth-order valence-corrected chi connectivity index (χ4v) is 1.52. The fraction of sp³-hybridized carbons (Fsp3) is 0.154. The van der Waals surface area contributed by atoms with Gasteiger partial charge in [-0.1, -0.05) is 30.3 Å². The first-order valence-corrected chi connectivity index (χ1v) is 11.7. The Balaban J connectivity index is 0.000000270. The van der Waals surface area contributed by atoms with Crippen LogP contribution in [-0.4, -0.2) is 19.5 Å². The number of hydrogen-bond acceptors (Lipinski definition) is 0. The monoisotopic (exact) mass is 419 g/mol. The maximum absolute atomic E-state index is 11.2. The molecule has 0 unspecified atom stereocenters. The van der Waals surface area contributed by atoms with Crippen LogP contribution in [0.3, 0.4) is 0 Å². The molecule has 0 spiro atoms. The average Bonchev–Trinajstić information content (AvgIpc) is 2.29. The summed E-state index contributed by atoms with van der Waals surface area (Å²) in [5.74, 6) is 0. The van der Waals surface area contributed by atoms with Crippen LogP contribution in [0.5, 0.6) is 0 Å². The van der Waals surface area contributed by atoms with Crippen LogP contribution in [0.15, 0.2) is 54.9 Å². The molecule has 1 heterocycles. The van der Waals surface area contributed by atoms with Crippen molar-refractivity contribution in [3.63, 3.8) is 0 Å². The zero-order chi connectivity index (χ0) is 16.2. The van der Waals surface area contributed by atoms with E-state index in [1.807, 2.05) is 6.07 Å². The van der Waals surface area contributed by atoms with Gasteiger partial charge in [-0.3, -0.25) is 0 Å². The van der Waals surface area contributed by atoms with Crippen LogP contribution in [0.4, 0.5) is 16.9 Å². The van der Waals surface area contributed by atoms with Gasteiger partial charge in [0.25, 0.3) is 0 Å². The quantitative estimate of drug-likeness (QED) is 0.384. The Morgan fingerprint density at radius 3 is 1.76 bits per heavy atom. The molecule has 0 aliphatic rings. The minimum atomic E-state index is -11.2. The van der Waals surface area contributed by atoms with Gasteiger partial charge in [-0.2, -0.15) is 0 Å². The third kappa shape index (κ3) is 11.1. The molecule has 0 saturated carbocycles. The Hall–Kier alpha value is -1.23. The van der Waals surface area contributed by atoms with E-state index in [0.717, 1.165) is 6.54 Å². The van der Waals surface area contributed by atoms with Gasteiger partial charge in [0.15, 0.2) is 18.9 Å². The Kier molecular flexibility index (Phi) is 4.68. The second-order valence-electron chi connectivity index (χ2n) is 4.43. The first kappa shape index (κ1) is 17.8. The number of aromatic nitrogens is 1. The molecule has 1 aromatic carbocycles. The van der Waals surface area contributed by atoms with Crippen molar-refractivity contribution < 1.29 is 21.4 Å². The summed E-state index contributed by atoms with van der Waals surface area (Å²) in [6.45, 7) is 3.10. The third-order valence-electron chi connectivity index (χ3n) is 2.39. The molecule has 1 nitrogen and oxygen atoms in total. The van der Waals surface area contributed by atoms with Crippen LogP contribution < -0.4 is 4.57 Å². The number of hydrogen-bond donors (Lipinski definition) is 0. The molecule has 0 radical (unpaired) electrons. The van der Waals surface area contributed by atoms with Gasteiger partial charge in [-0.05, 0) is 12.5 Å². The summed E-state index contributed by atoms with van der Waals surface area (Å²) in [5, 5.41) is 0. The van der Waals surface area contributed by atoms with E-state index in [9.17, 15) is 16.9 Å². The zero-order valence-corrected chi connectivity index (χ0v) is 13.6. The minimum absolute atomic E-state index is 0.952. The van der Waals surface area contributed by atoms with Gasteiger partial charge in [-0.25, -0.2) is 4.57 Å². The number of nitrogens with zero attached hydrogens (tertiary/aromatic N) is 1. The van der Waals surface area contributed by atoms with Crippen molar-refractivity contribution in [3.8, 4) is 0 Å². The molecule has 0 N–H and O–H groups in total. The Labute approximate surface area is 120 Å². The summed E-state index contributed by atoms with van der Waals surface area (Å²) in [5.41, 5.74) is 2.73. The maximum atomic E-state index is 9.93. The molecular formula is C13H14F6NSb. The molecule has 0 bridgehead atoms. The molecule has 118 valence electrons. The van der Waals surface area contributed by atoms with Gasteiger partial charge < -0.3 is 0 Å². The molecule has 0 aliphatic heterocycles. The first-order valence-electron chi connectivity index (χ1n) is 5.86. The first-order chi connectivity index (χ1) is 9.31. The molecule has 0 amide bonds. The molecule has 0 aliphatic carbocycles. The number of halogens is 6. The van der Waals surface area contributed by atoms with Crippen LogP contribution in [-0.2, 0) is 6.54 Å². The standard InChI is InChI=1S/C13H14N.6FH.Sb/c1-12-7-3-4-8-13(12)11-14-9-5-2-6-10-14;;;;;;;/h2-10H,11H2,1H3;6*1H;/q+1;;;;;;;+5/p-6. The van der Waals surface area contributed by atoms with E-state index in [0.29, 0.717) is 0 Å². The molecule has 0 fully saturated rings. The number of benzene rings is 1. The van der Waals surface area contributed by atoms with Crippen molar-refractivity contribution in [3.05, 3.63) is 66.0 Å². The van der Waals surface area contributed by atoms with Crippen molar-refractivity contribution in [2.75, 3.05) is 0 Å². The predicted molar refractivity (Wildman–Crippen MR) is 69.3 cm³/mol. The predicted octanol–water partition coefficient (Wildman–Crippen LogP) is 4.47. The van der Waals surface area contributed by atoms with E-state index >= 15 is 0 Å². The van der Waals surface area contributed by atoms with Crippen LogP contribution >= 0.6 is 0 Å². The van der Waals surface area contributed by atoms with E-state index in [4.69, 9.17) is 0 Å².